The summed E-state index contributed by atoms with van der Waals surface area (Å²) in [5, 5.41) is 8.61. The fourth-order valence-electron chi connectivity index (χ4n) is 4.38. The van der Waals surface area contributed by atoms with E-state index in [1.54, 1.807) is 16.6 Å². The van der Waals surface area contributed by atoms with Crippen molar-refractivity contribution in [3.05, 3.63) is 51.6 Å². The van der Waals surface area contributed by atoms with E-state index in [0.29, 0.717) is 27.9 Å². The van der Waals surface area contributed by atoms with E-state index in [1.807, 2.05) is 13.8 Å². The molecular weight excluding hydrogens is 461 g/mol. The molecule has 1 N–H and O–H groups in total. The molecule has 2 aromatic heterocycles. The molecule has 1 aliphatic rings. The molecule has 2 heterocycles. The number of aromatic nitrogens is 4. The van der Waals surface area contributed by atoms with E-state index in [4.69, 9.17) is 11.6 Å². The van der Waals surface area contributed by atoms with Crippen LogP contribution in [0.2, 0.25) is 5.02 Å². The first-order valence-corrected chi connectivity index (χ1v) is 12.9. The molecule has 0 unspecified atom stereocenters. The minimum Gasteiger partial charge on any atom is -0.353 e. The SMILES string of the molecule is Cc1nc2nc(SCC(=O)NC3CCCCCCC3)nn2c(C)c1Cc1c(F)cccc1Cl. The van der Waals surface area contributed by atoms with Gasteiger partial charge in [-0.3, -0.25) is 4.79 Å². The van der Waals surface area contributed by atoms with Gasteiger partial charge in [0.05, 0.1) is 5.75 Å². The van der Waals surface area contributed by atoms with Crippen molar-refractivity contribution in [3.63, 3.8) is 0 Å². The Morgan fingerprint density at radius 1 is 1.15 bits per heavy atom. The van der Waals surface area contributed by atoms with E-state index in [9.17, 15) is 9.18 Å². The summed E-state index contributed by atoms with van der Waals surface area (Å²) in [6.07, 6.45) is 8.59. The largest absolute Gasteiger partial charge is 0.353 e. The number of nitrogens with zero attached hydrogens (tertiary/aromatic N) is 4. The zero-order valence-corrected chi connectivity index (χ0v) is 20.6. The number of benzene rings is 1. The average Bonchev–Trinajstić information content (AvgIpc) is 3.16. The topological polar surface area (TPSA) is 72.2 Å². The third-order valence-corrected chi connectivity index (χ3v) is 7.44. The molecule has 0 aliphatic heterocycles. The second-order valence-corrected chi connectivity index (χ2v) is 9.99. The first-order valence-electron chi connectivity index (χ1n) is 11.5. The van der Waals surface area contributed by atoms with Gasteiger partial charge in [-0.25, -0.2) is 13.9 Å². The van der Waals surface area contributed by atoms with E-state index >= 15 is 0 Å². The molecular formula is C24H29ClFN5OS. The molecule has 1 aliphatic carbocycles. The number of fused-ring (bicyclic) bond motifs is 1. The lowest BCUT2D eigenvalue weighted by Crippen LogP contribution is -2.36. The predicted molar refractivity (Wildman–Crippen MR) is 129 cm³/mol. The Balaban J connectivity index is 1.45. The number of hydrogen-bond acceptors (Lipinski definition) is 5. The number of amides is 1. The number of aryl methyl sites for hydroxylation is 2. The van der Waals surface area contributed by atoms with Crippen molar-refractivity contribution in [3.8, 4) is 0 Å². The molecule has 3 aromatic rings. The molecule has 0 radical (unpaired) electrons. The van der Waals surface area contributed by atoms with Gasteiger partial charge in [-0.1, -0.05) is 61.5 Å². The van der Waals surface area contributed by atoms with Gasteiger partial charge in [-0.2, -0.15) is 4.98 Å². The predicted octanol–water partition coefficient (Wildman–Crippen LogP) is 5.45. The average molecular weight is 490 g/mol. The standard InChI is InChI=1S/C24H29ClFN5OS/c1-15-18(13-19-20(25)11-8-12-21(19)26)16(2)31-23(27-15)29-24(30-31)33-14-22(32)28-17-9-6-4-3-5-7-10-17/h8,11-12,17H,3-7,9-10,13-14H2,1-2H3,(H,28,32). The monoisotopic (exact) mass is 489 g/mol. The number of nitrogens with one attached hydrogen (secondary N) is 1. The van der Waals surface area contributed by atoms with Gasteiger partial charge in [0.2, 0.25) is 11.1 Å². The lowest BCUT2D eigenvalue weighted by molar-refractivity contribution is -0.119. The Bertz CT molecular complexity index is 1120. The van der Waals surface area contributed by atoms with Gasteiger partial charge in [-0.05, 0) is 44.4 Å². The van der Waals surface area contributed by atoms with Crippen molar-refractivity contribution in [2.75, 3.05) is 5.75 Å². The maximum atomic E-state index is 14.3. The summed E-state index contributed by atoms with van der Waals surface area (Å²) in [6.45, 7) is 3.79. The van der Waals surface area contributed by atoms with Gasteiger partial charge in [0, 0.05) is 34.4 Å². The van der Waals surface area contributed by atoms with Crippen LogP contribution in [0.5, 0.6) is 0 Å². The van der Waals surface area contributed by atoms with Gasteiger partial charge in [0.25, 0.3) is 5.78 Å². The molecule has 1 fully saturated rings. The summed E-state index contributed by atoms with van der Waals surface area (Å²) < 4.78 is 16.0. The van der Waals surface area contributed by atoms with Gasteiger partial charge in [0.15, 0.2) is 0 Å². The van der Waals surface area contributed by atoms with Crippen LogP contribution >= 0.6 is 23.4 Å². The smallest absolute Gasteiger partial charge is 0.253 e. The highest BCUT2D eigenvalue weighted by Crippen LogP contribution is 2.26. The molecule has 0 spiro atoms. The summed E-state index contributed by atoms with van der Waals surface area (Å²) in [7, 11) is 0. The van der Waals surface area contributed by atoms with Crippen LogP contribution in [0, 0.1) is 19.7 Å². The summed E-state index contributed by atoms with van der Waals surface area (Å²) in [5.74, 6) is 0.409. The normalized spacial score (nSPS) is 15.4. The molecule has 176 valence electrons. The second kappa shape index (κ2) is 10.8. The Morgan fingerprint density at radius 2 is 1.88 bits per heavy atom. The number of hydrogen-bond donors (Lipinski definition) is 1. The quantitative estimate of drug-likeness (QED) is 0.466. The van der Waals surface area contributed by atoms with E-state index in [-0.39, 0.29) is 23.5 Å². The number of rotatable bonds is 6. The summed E-state index contributed by atoms with van der Waals surface area (Å²) >= 11 is 7.53. The van der Waals surface area contributed by atoms with Crippen LogP contribution in [0.4, 0.5) is 4.39 Å². The number of carbonyl (C=O) groups is 1. The first-order chi connectivity index (χ1) is 15.9. The van der Waals surface area contributed by atoms with E-state index in [1.165, 1.54) is 49.9 Å². The van der Waals surface area contributed by atoms with Crippen LogP contribution in [0.15, 0.2) is 23.4 Å². The molecule has 1 saturated carbocycles. The Hall–Kier alpha value is -2.19. The molecule has 0 saturated heterocycles. The highest BCUT2D eigenvalue weighted by molar-refractivity contribution is 7.99. The molecule has 33 heavy (non-hydrogen) atoms. The van der Waals surface area contributed by atoms with Gasteiger partial charge < -0.3 is 5.32 Å². The van der Waals surface area contributed by atoms with Crippen molar-refractivity contribution in [1.82, 2.24) is 24.9 Å². The Labute approximate surface area is 202 Å². The van der Waals surface area contributed by atoms with Crippen LogP contribution in [-0.2, 0) is 11.2 Å². The third kappa shape index (κ3) is 5.84. The van der Waals surface area contributed by atoms with Crippen LogP contribution in [0.3, 0.4) is 0 Å². The van der Waals surface area contributed by atoms with Crippen molar-refractivity contribution in [2.24, 2.45) is 0 Å². The highest BCUT2D eigenvalue weighted by atomic mass is 35.5. The molecule has 1 amide bonds. The number of thioether (sulfide) groups is 1. The summed E-state index contributed by atoms with van der Waals surface area (Å²) in [5.41, 5.74) is 2.88. The highest BCUT2D eigenvalue weighted by Gasteiger charge is 2.18. The second-order valence-electron chi connectivity index (χ2n) is 8.64. The fraction of sp³-hybridized carbons (Fsp3) is 0.500. The van der Waals surface area contributed by atoms with Crippen molar-refractivity contribution < 1.29 is 9.18 Å². The zero-order chi connectivity index (χ0) is 23.4. The van der Waals surface area contributed by atoms with Crippen molar-refractivity contribution in [1.29, 1.82) is 0 Å². The molecule has 1 aromatic carbocycles. The minimum absolute atomic E-state index is 0.0141. The minimum atomic E-state index is -0.341. The van der Waals surface area contributed by atoms with Gasteiger partial charge in [0.1, 0.15) is 5.82 Å². The fourth-order valence-corrected chi connectivity index (χ4v) is 5.24. The lowest BCUT2D eigenvalue weighted by Gasteiger charge is -2.20. The summed E-state index contributed by atoms with van der Waals surface area (Å²) in [4.78, 5) is 21.5. The van der Waals surface area contributed by atoms with Crippen molar-refractivity contribution >= 4 is 35.0 Å². The molecule has 9 heteroatoms. The molecule has 4 rings (SSSR count). The van der Waals surface area contributed by atoms with Crippen LogP contribution in [-0.4, -0.2) is 37.3 Å². The maximum Gasteiger partial charge on any atom is 0.253 e. The Morgan fingerprint density at radius 3 is 2.61 bits per heavy atom. The van der Waals surface area contributed by atoms with Crippen LogP contribution in [0.1, 0.15) is 67.5 Å². The third-order valence-electron chi connectivity index (χ3n) is 6.25. The van der Waals surface area contributed by atoms with Crippen molar-refractivity contribution in [2.45, 2.75) is 76.4 Å². The van der Waals surface area contributed by atoms with Gasteiger partial charge >= 0.3 is 0 Å². The van der Waals surface area contributed by atoms with Crippen LogP contribution in [0.25, 0.3) is 5.78 Å². The maximum absolute atomic E-state index is 14.3. The van der Waals surface area contributed by atoms with Crippen LogP contribution < -0.4 is 5.32 Å². The van der Waals surface area contributed by atoms with Gasteiger partial charge in [-0.15, -0.1) is 5.10 Å². The molecule has 0 atom stereocenters. The molecule has 0 bridgehead atoms. The summed E-state index contributed by atoms with van der Waals surface area (Å²) in [6, 6.07) is 4.95. The first kappa shape index (κ1) is 24.0. The van der Waals surface area contributed by atoms with E-state index in [0.717, 1.165) is 29.8 Å². The van der Waals surface area contributed by atoms with E-state index in [2.05, 4.69) is 20.4 Å². The molecule has 6 nitrogen and oxygen atoms in total. The van der Waals surface area contributed by atoms with E-state index < -0.39 is 0 Å². The lowest BCUT2D eigenvalue weighted by atomic mass is 9.97. The number of halogens is 2. The number of carbonyl (C=O) groups excluding carboxylic acids is 1. The zero-order valence-electron chi connectivity index (χ0n) is 19.0. The Kier molecular flexibility index (Phi) is 7.86.